The first-order valence-corrected chi connectivity index (χ1v) is 34.4. The normalized spacial score (nSPS) is 19.1. The van der Waals surface area contributed by atoms with Crippen molar-refractivity contribution in [1.29, 1.82) is 0 Å². The lowest BCUT2D eigenvalue weighted by atomic mass is 9.94. The van der Waals surface area contributed by atoms with Crippen molar-refractivity contribution in [3.8, 4) is 40.2 Å². The van der Waals surface area contributed by atoms with Crippen LogP contribution in [0, 0.1) is 0 Å². The molecule has 0 aromatic heterocycles. The number of hydrogen-bond acceptors (Lipinski definition) is 27. The molecule has 0 spiro atoms. The molecule has 1 N–H and O–H groups in total. The van der Waals surface area contributed by atoms with Gasteiger partial charge in [-0.15, -0.1) is 8.42 Å². The number of methoxy groups -OCH3 is 2. The summed E-state index contributed by atoms with van der Waals surface area (Å²) in [5, 5.41) is 6.04. The molecule has 0 radical (unpaired) electrons. The summed E-state index contributed by atoms with van der Waals surface area (Å²) in [4.78, 5) is 107. The Morgan fingerprint density at radius 2 is 1.16 bits per heavy atom. The van der Waals surface area contributed by atoms with E-state index < -0.39 is 101 Å². The number of fused-ring (bicyclic) bond motifs is 6. The van der Waals surface area contributed by atoms with Crippen molar-refractivity contribution in [2.45, 2.75) is 116 Å². The molecule has 1 unspecified atom stereocenters. The smallest absolute Gasteiger partial charge is 0.493 e. The Kier molecular flexibility index (Phi) is 25.8. The molecule has 0 saturated carbocycles. The Hall–Kier alpha value is -10.6. The Morgan fingerprint density at radius 3 is 1.75 bits per heavy atom. The quantitative estimate of drug-likeness (QED) is 0.0107. The number of unbranched alkanes of at least 4 members (excludes halogenated alkanes) is 2. The van der Waals surface area contributed by atoms with Crippen LogP contribution in [0.5, 0.6) is 40.2 Å². The van der Waals surface area contributed by atoms with E-state index in [2.05, 4.69) is 21.4 Å². The lowest BCUT2D eigenvalue weighted by Gasteiger charge is -2.43. The van der Waals surface area contributed by atoms with Gasteiger partial charge in [0.25, 0.3) is 17.7 Å². The highest BCUT2D eigenvalue weighted by atomic mass is 32.3. The molecule has 0 bridgehead atoms. The van der Waals surface area contributed by atoms with Crippen molar-refractivity contribution in [3.63, 3.8) is 0 Å². The minimum absolute atomic E-state index is 0.0179. The van der Waals surface area contributed by atoms with E-state index in [9.17, 15) is 42.0 Å². The minimum Gasteiger partial charge on any atom is -0.493 e. The van der Waals surface area contributed by atoms with Crippen LogP contribution in [0.1, 0.15) is 100 Å². The maximum Gasteiger partial charge on any atom is 0.501 e. The maximum atomic E-state index is 14.6. The van der Waals surface area contributed by atoms with Crippen LogP contribution in [0.3, 0.4) is 0 Å². The van der Waals surface area contributed by atoms with Gasteiger partial charge in [-0.2, -0.15) is 0 Å². The van der Waals surface area contributed by atoms with E-state index in [4.69, 9.17) is 85.5 Å². The zero-order valence-electron chi connectivity index (χ0n) is 57.3. The van der Waals surface area contributed by atoms with E-state index in [0.29, 0.717) is 84.5 Å². The first-order valence-electron chi connectivity index (χ1n) is 33.1. The van der Waals surface area contributed by atoms with Crippen LogP contribution in [-0.2, 0) is 93.4 Å². The Labute approximate surface area is 592 Å². The molecule has 548 valence electrons. The summed E-state index contributed by atoms with van der Waals surface area (Å²) in [7, 11) is -2.24. The van der Waals surface area contributed by atoms with Gasteiger partial charge in [0.15, 0.2) is 46.7 Å². The number of carbonyl (C=O) groups is 7. The van der Waals surface area contributed by atoms with Crippen molar-refractivity contribution >= 4 is 75.8 Å². The number of nitrogens with zero attached hydrogens (tertiary/aromatic N) is 7. The predicted octanol–water partition coefficient (Wildman–Crippen LogP) is 7.15. The van der Waals surface area contributed by atoms with Gasteiger partial charge in [-0.05, 0) is 102 Å². The van der Waals surface area contributed by atoms with Crippen molar-refractivity contribution in [2.75, 3.05) is 86.8 Å². The van der Waals surface area contributed by atoms with E-state index in [1.807, 2.05) is 29.3 Å². The fourth-order valence-electron chi connectivity index (χ4n) is 12.0. The summed E-state index contributed by atoms with van der Waals surface area (Å²) in [6.45, 7) is 5.99. The number of hydrogen-bond donors (Lipinski definition) is 1. The fourth-order valence-corrected chi connectivity index (χ4v) is 12.7. The molecule has 5 aliphatic heterocycles. The summed E-state index contributed by atoms with van der Waals surface area (Å²) >= 11 is 0. The highest BCUT2D eigenvalue weighted by molar-refractivity contribution is 7.82. The minimum atomic E-state index is -5.23. The van der Waals surface area contributed by atoms with Crippen LogP contribution in [0.2, 0.25) is 0 Å². The van der Waals surface area contributed by atoms with Crippen molar-refractivity contribution < 1.29 is 112 Å². The number of rotatable bonds is 34. The van der Waals surface area contributed by atoms with Crippen LogP contribution < -0.4 is 37.4 Å². The number of esters is 4. The molecular formula is C70H78N8O24S. The predicted molar refractivity (Wildman–Crippen MR) is 363 cm³/mol. The monoisotopic (exact) mass is 1450 g/mol. The largest absolute Gasteiger partial charge is 0.501 e. The topological polar surface area (TPSA) is 384 Å². The van der Waals surface area contributed by atoms with Gasteiger partial charge >= 0.3 is 34.3 Å². The first kappa shape index (κ1) is 75.1. The van der Waals surface area contributed by atoms with Crippen molar-refractivity contribution in [1.82, 2.24) is 15.1 Å². The van der Waals surface area contributed by atoms with Gasteiger partial charge in [-0.25, -0.2) is 0 Å². The molecule has 3 amide bonds. The van der Waals surface area contributed by atoms with Crippen LogP contribution in [0.4, 0.5) is 11.4 Å². The Bertz CT molecular complexity index is 4190. The average Bonchev–Trinajstić information content (AvgIpc) is 1.77. The Balaban J connectivity index is 0.784. The van der Waals surface area contributed by atoms with Crippen LogP contribution in [-0.4, -0.2) is 202 Å². The standard InChI is InChI=1S/C70H78N8O24S/c1-41(79)95-40-63-64(96-42(2)80)65(97-43(3)81)66(98-44(4)82)70(100-63)99-57-17-15-47(67(83)72-18-22-90-24-26-92-27-25-91-23-19-75-76-71)31-62(57)102-103(86,87)101-52-16-14-46-29-51-37-74-56-35-61(59(89-6)33-54(56)69(85)78(51)39-49(46)30-52)94-21-11-7-10-20-93-60-34-55-53(32-58(60)88-5)68(84)77-38-48-13-9-8-12-45(48)28-50(77)36-73-55/h8-9,12-17,30-37,50-51,63-66,70H,7,10-11,18-29,38-40H2,1-6H3,(H,72,83)/t50-,51+,63-,64+,65+,66-,70?/m1/s1. The summed E-state index contributed by atoms with van der Waals surface area (Å²) in [6.07, 6.45) is -1.88. The van der Waals surface area contributed by atoms with Gasteiger partial charge in [0.1, 0.15) is 18.5 Å². The third-order valence-electron chi connectivity index (χ3n) is 16.7. The number of nitrogens with one attached hydrogen (secondary N) is 1. The van der Waals surface area contributed by atoms with Gasteiger partial charge in [0.2, 0.25) is 12.4 Å². The molecule has 5 heterocycles. The zero-order chi connectivity index (χ0) is 73.2. The number of benzene rings is 5. The average molecular weight is 1450 g/mol. The van der Waals surface area contributed by atoms with Gasteiger partial charge in [-0.3, -0.25) is 43.5 Å². The van der Waals surface area contributed by atoms with E-state index >= 15 is 0 Å². The molecule has 1 saturated heterocycles. The number of amides is 3. The first-order chi connectivity index (χ1) is 49.7. The molecule has 1 fully saturated rings. The number of carbonyl (C=O) groups excluding carboxylic acids is 7. The number of aliphatic imine (C=N–C) groups is 2. The molecule has 32 nitrogen and oxygen atoms in total. The molecule has 7 atom stereocenters. The summed E-state index contributed by atoms with van der Waals surface area (Å²) in [6, 6.07) is 21.9. The van der Waals surface area contributed by atoms with Crippen molar-refractivity contribution in [2.24, 2.45) is 15.1 Å². The molecule has 5 aliphatic rings. The van der Waals surface area contributed by atoms with E-state index in [-0.39, 0.29) is 94.5 Å². The van der Waals surface area contributed by atoms with Crippen LogP contribution >= 0.6 is 0 Å². The number of ether oxygens (including phenoxy) is 13. The molecule has 10 rings (SSSR count). The summed E-state index contributed by atoms with van der Waals surface area (Å²) in [5.41, 5.74) is 13.3. The molecule has 5 aromatic carbocycles. The third kappa shape index (κ3) is 19.7. The zero-order valence-corrected chi connectivity index (χ0v) is 58.2. The highest BCUT2D eigenvalue weighted by Crippen LogP contribution is 2.42. The second-order valence-electron chi connectivity index (χ2n) is 23.9. The highest BCUT2D eigenvalue weighted by Gasteiger charge is 2.54. The maximum absolute atomic E-state index is 14.6. The van der Waals surface area contributed by atoms with Gasteiger partial charge in [0, 0.05) is 88.9 Å². The second-order valence-corrected chi connectivity index (χ2v) is 25.1. The molecule has 33 heteroatoms. The third-order valence-corrected chi connectivity index (χ3v) is 17.5. The van der Waals surface area contributed by atoms with E-state index in [0.717, 1.165) is 57.4 Å². The van der Waals surface area contributed by atoms with Gasteiger partial charge in [-0.1, -0.05) is 35.4 Å². The summed E-state index contributed by atoms with van der Waals surface area (Å²) < 4.78 is 114. The lowest BCUT2D eigenvalue weighted by Crippen LogP contribution is -2.63. The van der Waals surface area contributed by atoms with Crippen LogP contribution in [0.15, 0.2) is 100 Å². The van der Waals surface area contributed by atoms with Gasteiger partial charge in [0.05, 0.1) is 102 Å². The van der Waals surface area contributed by atoms with Crippen molar-refractivity contribution in [3.05, 3.63) is 134 Å². The SMILES string of the molecule is COc1cc2c(cc1OCCCCCOc1cc3c(cc1OC)C(=O)N1Cc4ccccc4C[C@@H]1C=N3)N=C[C@@H]1Cc3ccc(OS(=O)(=O)Oc4cc(C(=O)NCCOCCOCCOCCN=[N+]=[N-])ccc4OC4O[C@H](COC(C)=O)[C@H](OC(C)=O)[C@H](OC(C)=O)[C@H]4OC(C)=O)cc3CN1C2=O. The van der Waals surface area contributed by atoms with Crippen LogP contribution in [0.25, 0.3) is 10.4 Å². The van der Waals surface area contributed by atoms with Gasteiger partial charge < -0.3 is 85.1 Å². The second kappa shape index (κ2) is 35.4. The molecule has 0 aliphatic carbocycles. The Morgan fingerprint density at radius 1 is 0.592 bits per heavy atom. The number of azide groups is 1. The molecule has 5 aromatic rings. The molecule has 103 heavy (non-hydrogen) atoms. The van der Waals surface area contributed by atoms with E-state index in [1.165, 1.54) is 38.0 Å². The van der Waals surface area contributed by atoms with E-state index in [1.54, 1.807) is 41.4 Å². The fraction of sp³-hybridized carbons (Fsp3) is 0.443. The lowest BCUT2D eigenvalue weighted by molar-refractivity contribution is -0.288. The molecular weight excluding hydrogens is 1370 g/mol. The summed E-state index contributed by atoms with van der Waals surface area (Å²) in [5.74, 6) is -4.67.